The lowest BCUT2D eigenvalue weighted by Gasteiger charge is -2.32. The number of aryl methyl sites for hydroxylation is 1. The molecule has 2 fully saturated rings. The summed E-state index contributed by atoms with van der Waals surface area (Å²) < 4.78 is 11.4. The number of ether oxygens (including phenoxy) is 2. The van der Waals surface area contributed by atoms with E-state index >= 15 is 0 Å². The third-order valence-corrected chi connectivity index (χ3v) is 6.13. The third-order valence-electron chi connectivity index (χ3n) is 6.13. The van der Waals surface area contributed by atoms with Gasteiger partial charge in [0.2, 0.25) is 5.91 Å². The molecule has 2 aromatic rings. The van der Waals surface area contributed by atoms with Crippen LogP contribution in [0.2, 0.25) is 0 Å². The van der Waals surface area contributed by atoms with E-state index in [4.69, 9.17) is 9.47 Å². The molecule has 172 valence electrons. The Hall–Kier alpha value is -2.61. The molecule has 0 atom stereocenters. The molecule has 0 radical (unpaired) electrons. The van der Waals surface area contributed by atoms with Crippen LogP contribution in [0, 0.1) is 6.92 Å². The third kappa shape index (κ3) is 6.22. The number of nitrogens with one attached hydrogen (secondary N) is 1. The number of carbonyl (C=O) groups is 1. The average Bonchev–Trinajstić information content (AvgIpc) is 2.79. The standard InChI is InChI=1S/C25H33N3O4/c1-19-3-2-4-23(29)25(19)32-22-9-11-27(12-10-22)18-24(30)26-21-7-5-20(6-8-21)17-28-13-15-31-16-14-28/h2-8,22,29H,9-18H2,1H3,(H,26,30). The minimum atomic E-state index is 0.00171. The van der Waals surface area contributed by atoms with Crippen LogP contribution in [0.15, 0.2) is 42.5 Å². The van der Waals surface area contributed by atoms with E-state index < -0.39 is 0 Å². The average molecular weight is 440 g/mol. The number of aromatic hydroxyl groups is 1. The number of benzene rings is 2. The maximum atomic E-state index is 12.5. The lowest BCUT2D eigenvalue weighted by Crippen LogP contribution is -2.42. The van der Waals surface area contributed by atoms with E-state index in [2.05, 4.69) is 27.2 Å². The SMILES string of the molecule is Cc1cccc(O)c1OC1CCN(CC(=O)Nc2ccc(CN3CCOCC3)cc2)CC1. The molecule has 2 N–H and O–H groups in total. The molecule has 1 amide bonds. The van der Waals surface area contributed by atoms with E-state index in [1.54, 1.807) is 6.07 Å². The number of likely N-dealkylation sites (tertiary alicyclic amines) is 1. The Morgan fingerprint density at radius 2 is 1.78 bits per heavy atom. The summed E-state index contributed by atoms with van der Waals surface area (Å²) in [4.78, 5) is 17.0. The number of anilines is 1. The molecule has 0 aromatic heterocycles. The topological polar surface area (TPSA) is 74.3 Å². The predicted octanol–water partition coefficient (Wildman–Crippen LogP) is 3.01. The van der Waals surface area contributed by atoms with Gasteiger partial charge in [-0.15, -0.1) is 0 Å². The van der Waals surface area contributed by atoms with Gasteiger partial charge in [0, 0.05) is 38.4 Å². The molecule has 2 heterocycles. The normalized spacial score (nSPS) is 18.4. The van der Waals surface area contributed by atoms with Gasteiger partial charge in [-0.2, -0.15) is 0 Å². The molecule has 32 heavy (non-hydrogen) atoms. The molecule has 0 bridgehead atoms. The van der Waals surface area contributed by atoms with Crippen molar-refractivity contribution < 1.29 is 19.4 Å². The number of phenolic OH excluding ortho intramolecular Hbond substituents is 1. The summed E-state index contributed by atoms with van der Waals surface area (Å²) in [5, 5.41) is 13.0. The Kier molecular flexibility index (Phi) is 7.63. The second-order valence-electron chi connectivity index (χ2n) is 8.65. The highest BCUT2D eigenvalue weighted by atomic mass is 16.5. The molecule has 7 nitrogen and oxygen atoms in total. The second-order valence-corrected chi connectivity index (χ2v) is 8.65. The Morgan fingerprint density at radius 1 is 1.06 bits per heavy atom. The monoisotopic (exact) mass is 439 g/mol. The largest absolute Gasteiger partial charge is 0.504 e. The van der Waals surface area contributed by atoms with Crippen molar-refractivity contribution in [1.82, 2.24) is 9.80 Å². The molecule has 2 aliphatic heterocycles. The summed E-state index contributed by atoms with van der Waals surface area (Å²) in [6.45, 7) is 8.33. The van der Waals surface area contributed by atoms with Gasteiger partial charge in [0.15, 0.2) is 11.5 Å². The number of hydrogen-bond donors (Lipinski definition) is 2. The molecule has 2 aromatic carbocycles. The molecule has 0 saturated carbocycles. The maximum absolute atomic E-state index is 12.5. The molecule has 4 rings (SSSR count). The highest BCUT2D eigenvalue weighted by Gasteiger charge is 2.23. The van der Waals surface area contributed by atoms with Crippen LogP contribution in [-0.2, 0) is 16.1 Å². The van der Waals surface area contributed by atoms with Gasteiger partial charge in [0.25, 0.3) is 0 Å². The number of hydrogen-bond acceptors (Lipinski definition) is 6. The second kappa shape index (κ2) is 10.8. The van der Waals surface area contributed by atoms with Crippen LogP contribution in [0.5, 0.6) is 11.5 Å². The van der Waals surface area contributed by atoms with Gasteiger partial charge in [-0.3, -0.25) is 14.6 Å². The Balaban J connectivity index is 1.19. The van der Waals surface area contributed by atoms with Gasteiger partial charge < -0.3 is 19.9 Å². The molecule has 0 unspecified atom stereocenters. The molecular weight excluding hydrogens is 406 g/mol. The molecular formula is C25H33N3O4. The maximum Gasteiger partial charge on any atom is 0.238 e. The van der Waals surface area contributed by atoms with Crippen molar-refractivity contribution in [3.05, 3.63) is 53.6 Å². The van der Waals surface area contributed by atoms with E-state index in [1.165, 1.54) is 5.56 Å². The first-order valence-corrected chi connectivity index (χ1v) is 11.4. The van der Waals surface area contributed by atoms with Crippen LogP contribution in [0.1, 0.15) is 24.0 Å². The van der Waals surface area contributed by atoms with Crippen molar-refractivity contribution in [2.24, 2.45) is 0 Å². The van der Waals surface area contributed by atoms with Crippen LogP contribution in [0.25, 0.3) is 0 Å². The summed E-state index contributed by atoms with van der Waals surface area (Å²) in [6, 6.07) is 13.5. The van der Waals surface area contributed by atoms with Gasteiger partial charge in [-0.25, -0.2) is 0 Å². The number of phenols is 1. The van der Waals surface area contributed by atoms with E-state index in [-0.39, 0.29) is 17.8 Å². The van der Waals surface area contributed by atoms with Gasteiger partial charge in [-0.05, 0) is 49.1 Å². The number of carbonyl (C=O) groups excluding carboxylic acids is 1. The van der Waals surface area contributed by atoms with Crippen LogP contribution in [-0.4, -0.2) is 72.9 Å². The fourth-order valence-corrected chi connectivity index (χ4v) is 4.26. The quantitative estimate of drug-likeness (QED) is 0.691. The molecule has 0 aliphatic carbocycles. The van der Waals surface area contributed by atoms with Gasteiger partial charge >= 0.3 is 0 Å². The summed E-state index contributed by atoms with van der Waals surface area (Å²) in [6.07, 6.45) is 1.72. The zero-order valence-electron chi connectivity index (χ0n) is 18.8. The summed E-state index contributed by atoms with van der Waals surface area (Å²) in [5.74, 6) is 0.755. The van der Waals surface area contributed by atoms with Crippen molar-refractivity contribution in [3.8, 4) is 11.5 Å². The highest BCUT2D eigenvalue weighted by Crippen LogP contribution is 2.31. The first kappa shape index (κ1) is 22.6. The lowest BCUT2D eigenvalue weighted by atomic mass is 10.1. The summed E-state index contributed by atoms with van der Waals surface area (Å²) in [7, 11) is 0. The van der Waals surface area contributed by atoms with E-state index in [1.807, 2.05) is 31.2 Å². The molecule has 7 heteroatoms. The molecule has 2 saturated heterocycles. The zero-order valence-corrected chi connectivity index (χ0v) is 18.8. The summed E-state index contributed by atoms with van der Waals surface area (Å²) in [5.41, 5.74) is 3.00. The minimum Gasteiger partial charge on any atom is -0.504 e. The first-order valence-electron chi connectivity index (χ1n) is 11.4. The van der Waals surface area contributed by atoms with Gasteiger partial charge in [0.05, 0.1) is 19.8 Å². The smallest absolute Gasteiger partial charge is 0.238 e. The van der Waals surface area contributed by atoms with Crippen molar-refractivity contribution in [1.29, 1.82) is 0 Å². The number of morpholine rings is 1. The number of rotatable bonds is 7. The van der Waals surface area contributed by atoms with Crippen molar-refractivity contribution >= 4 is 11.6 Å². The fraction of sp³-hybridized carbons (Fsp3) is 0.480. The number of para-hydroxylation sites is 1. The first-order chi connectivity index (χ1) is 15.6. The van der Waals surface area contributed by atoms with Crippen LogP contribution in [0.4, 0.5) is 5.69 Å². The zero-order chi connectivity index (χ0) is 22.3. The fourth-order valence-electron chi connectivity index (χ4n) is 4.26. The highest BCUT2D eigenvalue weighted by molar-refractivity contribution is 5.92. The number of amides is 1. The van der Waals surface area contributed by atoms with Gasteiger partial charge in [0.1, 0.15) is 6.10 Å². The predicted molar refractivity (Wildman–Crippen MR) is 124 cm³/mol. The number of piperidine rings is 1. The van der Waals surface area contributed by atoms with Gasteiger partial charge in [-0.1, -0.05) is 24.3 Å². The van der Waals surface area contributed by atoms with E-state index in [0.29, 0.717) is 12.3 Å². The van der Waals surface area contributed by atoms with Crippen LogP contribution < -0.4 is 10.1 Å². The van der Waals surface area contributed by atoms with Crippen molar-refractivity contribution in [3.63, 3.8) is 0 Å². The van der Waals surface area contributed by atoms with Crippen LogP contribution >= 0.6 is 0 Å². The van der Waals surface area contributed by atoms with E-state index in [9.17, 15) is 9.90 Å². The van der Waals surface area contributed by atoms with E-state index in [0.717, 1.165) is 70.0 Å². The molecule has 2 aliphatic rings. The Labute approximate surface area is 189 Å². The number of nitrogens with zero attached hydrogens (tertiary/aromatic N) is 2. The molecule has 0 spiro atoms. The Bertz CT molecular complexity index is 868. The lowest BCUT2D eigenvalue weighted by molar-refractivity contribution is -0.117. The minimum absolute atomic E-state index is 0.00171. The van der Waals surface area contributed by atoms with Crippen molar-refractivity contribution in [2.75, 3.05) is 51.3 Å². The van der Waals surface area contributed by atoms with Crippen molar-refractivity contribution in [2.45, 2.75) is 32.4 Å². The summed E-state index contributed by atoms with van der Waals surface area (Å²) >= 11 is 0. The Morgan fingerprint density at radius 3 is 2.47 bits per heavy atom. The van der Waals surface area contributed by atoms with Crippen LogP contribution in [0.3, 0.4) is 0 Å².